The Balaban J connectivity index is 1.95. The molecule has 0 aliphatic heterocycles. The second kappa shape index (κ2) is 4.96. The van der Waals surface area contributed by atoms with Crippen molar-refractivity contribution in [2.45, 2.75) is 0 Å². The third-order valence-corrected chi connectivity index (χ3v) is 3.81. The van der Waals surface area contributed by atoms with Crippen LogP contribution in [0.25, 0.3) is 33.4 Å². The summed E-state index contributed by atoms with van der Waals surface area (Å²) in [5.41, 5.74) is 4.64. The standard InChI is InChI=1S/C16H12ClN5/c1-22-9-11(7-19-22)16-13-8-18-21-15(13)6-14(20-16)10-2-4-12(17)5-3-10/h2-9H,1H3,(H,18,21). The number of rotatable bonds is 2. The minimum atomic E-state index is 0.707. The van der Waals surface area contributed by atoms with Crippen LogP contribution in [0.3, 0.4) is 0 Å². The van der Waals surface area contributed by atoms with Crippen molar-refractivity contribution in [3.05, 3.63) is 53.9 Å². The van der Waals surface area contributed by atoms with Crippen molar-refractivity contribution in [1.82, 2.24) is 25.0 Å². The zero-order valence-electron chi connectivity index (χ0n) is 11.8. The van der Waals surface area contributed by atoms with Gasteiger partial charge in [-0.3, -0.25) is 9.78 Å². The van der Waals surface area contributed by atoms with Crippen molar-refractivity contribution in [3.63, 3.8) is 0 Å². The topological polar surface area (TPSA) is 59.4 Å². The minimum Gasteiger partial charge on any atom is -0.278 e. The van der Waals surface area contributed by atoms with Gasteiger partial charge in [0.25, 0.3) is 0 Å². The molecule has 0 atom stereocenters. The van der Waals surface area contributed by atoms with E-state index in [-0.39, 0.29) is 0 Å². The van der Waals surface area contributed by atoms with Gasteiger partial charge in [0, 0.05) is 34.8 Å². The molecule has 0 amide bonds. The molecule has 0 fully saturated rings. The Morgan fingerprint density at radius 3 is 2.64 bits per heavy atom. The third-order valence-electron chi connectivity index (χ3n) is 3.56. The number of aromatic nitrogens is 5. The van der Waals surface area contributed by atoms with E-state index in [0.717, 1.165) is 33.4 Å². The van der Waals surface area contributed by atoms with Crippen LogP contribution in [0, 0.1) is 0 Å². The van der Waals surface area contributed by atoms with Gasteiger partial charge in [-0.2, -0.15) is 10.2 Å². The highest BCUT2D eigenvalue weighted by Gasteiger charge is 2.12. The summed E-state index contributed by atoms with van der Waals surface area (Å²) in [6, 6.07) is 9.63. The van der Waals surface area contributed by atoms with Crippen LogP contribution in [-0.4, -0.2) is 25.0 Å². The van der Waals surface area contributed by atoms with Crippen LogP contribution in [-0.2, 0) is 7.05 Å². The normalized spacial score (nSPS) is 11.2. The van der Waals surface area contributed by atoms with Crippen molar-refractivity contribution >= 4 is 22.5 Å². The van der Waals surface area contributed by atoms with Gasteiger partial charge in [0.15, 0.2) is 0 Å². The first-order valence-electron chi connectivity index (χ1n) is 6.80. The van der Waals surface area contributed by atoms with Gasteiger partial charge in [-0.15, -0.1) is 0 Å². The Bertz CT molecular complexity index is 952. The fraction of sp³-hybridized carbons (Fsp3) is 0.0625. The Kier molecular flexibility index (Phi) is 2.94. The second-order valence-electron chi connectivity index (χ2n) is 5.10. The van der Waals surface area contributed by atoms with Gasteiger partial charge in [-0.05, 0) is 18.2 Å². The van der Waals surface area contributed by atoms with E-state index in [9.17, 15) is 0 Å². The number of nitrogens with one attached hydrogen (secondary N) is 1. The summed E-state index contributed by atoms with van der Waals surface area (Å²) in [5, 5.41) is 13.1. The molecule has 0 aliphatic carbocycles. The lowest BCUT2D eigenvalue weighted by Crippen LogP contribution is -1.89. The smallest absolute Gasteiger partial charge is 0.0851 e. The summed E-state index contributed by atoms with van der Waals surface area (Å²) in [6.45, 7) is 0. The fourth-order valence-corrected chi connectivity index (χ4v) is 2.60. The van der Waals surface area contributed by atoms with E-state index >= 15 is 0 Å². The predicted molar refractivity (Wildman–Crippen MR) is 86.5 cm³/mol. The van der Waals surface area contributed by atoms with Gasteiger partial charge in [0.1, 0.15) is 0 Å². The minimum absolute atomic E-state index is 0.707. The van der Waals surface area contributed by atoms with Gasteiger partial charge in [0.2, 0.25) is 0 Å². The molecule has 0 saturated heterocycles. The number of halogens is 1. The van der Waals surface area contributed by atoms with Gasteiger partial charge < -0.3 is 0 Å². The number of nitrogens with zero attached hydrogens (tertiary/aromatic N) is 4. The van der Waals surface area contributed by atoms with Crippen molar-refractivity contribution in [2.75, 3.05) is 0 Å². The molecule has 0 aliphatic rings. The monoisotopic (exact) mass is 309 g/mol. The summed E-state index contributed by atoms with van der Waals surface area (Å²) in [4.78, 5) is 4.80. The summed E-state index contributed by atoms with van der Waals surface area (Å²) in [5.74, 6) is 0. The number of aryl methyl sites for hydroxylation is 1. The third kappa shape index (κ3) is 2.16. The highest BCUT2D eigenvalue weighted by atomic mass is 35.5. The molecule has 1 aromatic carbocycles. The average Bonchev–Trinajstić information content (AvgIpc) is 3.15. The molecule has 0 bridgehead atoms. The van der Waals surface area contributed by atoms with Gasteiger partial charge in [-0.1, -0.05) is 23.7 Å². The maximum Gasteiger partial charge on any atom is 0.0851 e. The molecule has 5 nitrogen and oxygen atoms in total. The Morgan fingerprint density at radius 1 is 1.09 bits per heavy atom. The molecule has 3 heterocycles. The largest absolute Gasteiger partial charge is 0.278 e. The van der Waals surface area contributed by atoms with Crippen molar-refractivity contribution in [1.29, 1.82) is 0 Å². The Labute approximate surface area is 131 Å². The number of hydrogen-bond donors (Lipinski definition) is 1. The van der Waals surface area contributed by atoms with Crippen LogP contribution in [0.5, 0.6) is 0 Å². The van der Waals surface area contributed by atoms with E-state index in [0.29, 0.717) is 5.02 Å². The van der Waals surface area contributed by atoms with Crippen molar-refractivity contribution < 1.29 is 0 Å². The first kappa shape index (κ1) is 13.0. The van der Waals surface area contributed by atoms with Crippen LogP contribution in [0.15, 0.2) is 48.9 Å². The lowest BCUT2D eigenvalue weighted by atomic mass is 10.1. The molecule has 0 spiro atoms. The van der Waals surface area contributed by atoms with E-state index in [1.807, 2.05) is 43.6 Å². The van der Waals surface area contributed by atoms with E-state index in [2.05, 4.69) is 15.3 Å². The lowest BCUT2D eigenvalue weighted by molar-refractivity contribution is 0.768. The molecule has 0 radical (unpaired) electrons. The van der Waals surface area contributed by atoms with E-state index in [1.165, 1.54) is 0 Å². The van der Waals surface area contributed by atoms with Gasteiger partial charge in [0.05, 0.1) is 29.3 Å². The molecule has 6 heteroatoms. The zero-order chi connectivity index (χ0) is 15.1. The van der Waals surface area contributed by atoms with Crippen molar-refractivity contribution in [3.8, 4) is 22.5 Å². The number of H-pyrrole nitrogens is 1. The summed E-state index contributed by atoms with van der Waals surface area (Å²) >= 11 is 5.96. The van der Waals surface area contributed by atoms with Crippen LogP contribution in [0.4, 0.5) is 0 Å². The molecule has 4 aromatic rings. The van der Waals surface area contributed by atoms with E-state index < -0.39 is 0 Å². The van der Waals surface area contributed by atoms with Gasteiger partial charge in [-0.25, -0.2) is 4.98 Å². The van der Waals surface area contributed by atoms with Gasteiger partial charge >= 0.3 is 0 Å². The van der Waals surface area contributed by atoms with Crippen LogP contribution < -0.4 is 0 Å². The highest BCUT2D eigenvalue weighted by molar-refractivity contribution is 6.30. The molecule has 0 saturated carbocycles. The quantitative estimate of drug-likeness (QED) is 0.614. The molecular weight excluding hydrogens is 298 g/mol. The fourth-order valence-electron chi connectivity index (χ4n) is 2.48. The molecule has 108 valence electrons. The first-order chi connectivity index (χ1) is 10.7. The Morgan fingerprint density at radius 2 is 1.91 bits per heavy atom. The zero-order valence-corrected chi connectivity index (χ0v) is 12.5. The van der Waals surface area contributed by atoms with E-state index in [4.69, 9.17) is 16.6 Å². The summed E-state index contributed by atoms with van der Waals surface area (Å²) < 4.78 is 1.76. The highest BCUT2D eigenvalue weighted by Crippen LogP contribution is 2.30. The average molecular weight is 310 g/mol. The van der Waals surface area contributed by atoms with Crippen molar-refractivity contribution in [2.24, 2.45) is 7.05 Å². The first-order valence-corrected chi connectivity index (χ1v) is 7.17. The van der Waals surface area contributed by atoms with E-state index in [1.54, 1.807) is 17.1 Å². The van der Waals surface area contributed by atoms with Crippen LogP contribution in [0.2, 0.25) is 5.02 Å². The maximum absolute atomic E-state index is 5.96. The molecule has 3 aromatic heterocycles. The maximum atomic E-state index is 5.96. The number of benzene rings is 1. The second-order valence-corrected chi connectivity index (χ2v) is 5.53. The summed E-state index contributed by atoms with van der Waals surface area (Å²) in [6.07, 6.45) is 5.54. The molecule has 0 unspecified atom stereocenters. The Hall–Kier alpha value is -2.66. The summed E-state index contributed by atoms with van der Waals surface area (Å²) in [7, 11) is 1.89. The number of pyridine rings is 1. The molecule has 4 rings (SSSR count). The lowest BCUT2D eigenvalue weighted by Gasteiger charge is -2.05. The van der Waals surface area contributed by atoms with Crippen LogP contribution >= 0.6 is 11.6 Å². The SMILES string of the molecule is Cn1cc(-c2nc(-c3ccc(Cl)cc3)cc3[nH]ncc23)cn1. The predicted octanol–water partition coefficient (Wildman–Crippen LogP) is 3.68. The molecule has 1 N–H and O–H groups in total. The number of fused-ring (bicyclic) bond motifs is 1. The number of aromatic amines is 1. The van der Waals surface area contributed by atoms with Crippen LogP contribution in [0.1, 0.15) is 0 Å². The number of hydrogen-bond acceptors (Lipinski definition) is 3. The molecule has 22 heavy (non-hydrogen) atoms. The molecular formula is C16H12ClN5.